The summed E-state index contributed by atoms with van der Waals surface area (Å²) in [4.78, 5) is 0. The van der Waals surface area contributed by atoms with E-state index in [2.05, 4.69) is 5.32 Å². The van der Waals surface area contributed by atoms with Crippen LogP contribution in [0.1, 0.15) is 18.5 Å². The molecule has 0 aliphatic rings. The van der Waals surface area contributed by atoms with Crippen LogP contribution < -0.4 is 5.32 Å². The predicted molar refractivity (Wildman–Crippen MR) is 55.4 cm³/mol. The number of phenols is 1. The smallest absolute Gasteiger partial charge is 0.134 e. The van der Waals surface area contributed by atoms with Crippen LogP contribution in [0, 0.1) is 0 Å². The largest absolute Gasteiger partial charge is 0.508 e. The van der Waals surface area contributed by atoms with Crippen molar-refractivity contribution in [3.05, 3.63) is 30.0 Å². The van der Waals surface area contributed by atoms with Crippen LogP contribution in [-0.2, 0) is 0 Å². The summed E-state index contributed by atoms with van der Waals surface area (Å²) >= 11 is 0. The average molecular weight is 191 g/mol. The number of benzene rings is 1. The van der Waals surface area contributed by atoms with Crippen LogP contribution in [0.4, 0.5) is 0 Å². The van der Waals surface area contributed by atoms with Crippen LogP contribution in [0.2, 0.25) is 0 Å². The van der Waals surface area contributed by atoms with E-state index < -0.39 is 0 Å². The van der Waals surface area contributed by atoms with E-state index in [0.717, 1.165) is 16.5 Å². The monoisotopic (exact) mass is 191 g/mol. The average Bonchev–Trinajstić information content (AvgIpc) is 2.59. The minimum Gasteiger partial charge on any atom is -0.508 e. The van der Waals surface area contributed by atoms with Crippen LogP contribution in [0.3, 0.4) is 0 Å². The Morgan fingerprint density at radius 2 is 2.21 bits per heavy atom. The topological polar surface area (TPSA) is 45.4 Å². The summed E-state index contributed by atoms with van der Waals surface area (Å²) < 4.78 is 5.38. The highest BCUT2D eigenvalue weighted by molar-refractivity contribution is 5.82. The molecule has 0 spiro atoms. The lowest BCUT2D eigenvalue weighted by Crippen LogP contribution is -2.11. The summed E-state index contributed by atoms with van der Waals surface area (Å²) in [6.45, 7) is 2.05. The number of aromatic hydroxyl groups is 1. The molecular weight excluding hydrogens is 178 g/mol. The molecule has 0 saturated heterocycles. The molecular formula is C11H13NO2. The maximum absolute atomic E-state index is 9.37. The molecule has 0 bridgehead atoms. The number of furan rings is 1. The Labute approximate surface area is 82.3 Å². The summed E-state index contributed by atoms with van der Waals surface area (Å²) in [6, 6.07) is 5.34. The molecule has 0 saturated carbocycles. The molecule has 1 heterocycles. The van der Waals surface area contributed by atoms with Gasteiger partial charge in [-0.15, -0.1) is 0 Å². The molecule has 2 aromatic rings. The molecule has 0 aliphatic heterocycles. The zero-order chi connectivity index (χ0) is 10.1. The molecule has 2 rings (SSSR count). The van der Waals surface area contributed by atoms with E-state index >= 15 is 0 Å². The quantitative estimate of drug-likeness (QED) is 0.766. The van der Waals surface area contributed by atoms with Crippen molar-refractivity contribution in [3.8, 4) is 5.75 Å². The Morgan fingerprint density at radius 1 is 1.43 bits per heavy atom. The molecule has 1 aromatic carbocycles. The summed E-state index contributed by atoms with van der Waals surface area (Å²) in [7, 11) is 1.90. The first-order valence-corrected chi connectivity index (χ1v) is 4.59. The first kappa shape index (κ1) is 9.09. The van der Waals surface area contributed by atoms with Gasteiger partial charge < -0.3 is 14.8 Å². The van der Waals surface area contributed by atoms with Crippen molar-refractivity contribution in [2.45, 2.75) is 13.0 Å². The molecule has 3 nitrogen and oxygen atoms in total. The molecule has 1 atom stereocenters. The Kier molecular flexibility index (Phi) is 2.17. The number of fused-ring (bicyclic) bond motifs is 1. The van der Waals surface area contributed by atoms with E-state index in [1.54, 1.807) is 24.5 Å². The molecule has 14 heavy (non-hydrogen) atoms. The third-order valence-electron chi connectivity index (χ3n) is 2.49. The highest BCUT2D eigenvalue weighted by atomic mass is 16.3. The summed E-state index contributed by atoms with van der Waals surface area (Å²) in [6.07, 6.45) is 1.73. The Morgan fingerprint density at radius 3 is 2.93 bits per heavy atom. The zero-order valence-corrected chi connectivity index (χ0v) is 8.24. The van der Waals surface area contributed by atoms with Crippen molar-refractivity contribution in [1.82, 2.24) is 5.32 Å². The molecule has 0 amide bonds. The second kappa shape index (κ2) is 3.35. The minimum absolute atomic E-state index is 0.220. The van der Waals surface area contributed by atoms with Crippen molar-refractivity contribution in [3.63, 3.8) is 0 Å². The van der Waals surface area contributed by atoms with Crippen LogP contribution >= 0.6 is 0 Å². The van der Waals surface area contributed by atoms with E-state index in [9.17, 15) is 5.11 Å². The summed E-state index contributed by atoms with van der Waals surface area (Å²) in [5, 5.41) is 13.5. The SMILES string of the molecule is CNC(C)c1coc2ccc(O)cc12. The van der Waals surface area contributed by atoms with Gasteiger partial charge in [-0.05, 0) is 32.2 Å². The molecule has 1 aromatic heterocycles. The highest BCUT2D eigenvalue weighted by Crippen LogP contribution is 2.28. The number of phenolic OH excluding ortho intramolecular Hbond substituents is 1. The van der Waals surface area contributed by atoms with E-state index in [1.165, 1.54) is 0 Å². The predicted octanol–water partition coefficient (Wildman–Crippen LogP) is 2.42. The van der Waals surface area contributed by atoms with Crippen LogP contribution in [0.15, 0.2) is 28.9 Å². The lowest BCUT2D eigenvalue weighted by atomic mass is 10.1. The summed E-state index contributed by atoms with van der Waals surface area (Å²) in [5.74, 6) is 0.267. The second-order valence-electron chi connectivity index (χ2n) is 3.38. The van der Waals surface area contributed by atoms with Crippen LogP contribution in [0.5, 0.6) is 5.75 Å². The molecule has 0 aliphatic carbocycles. The lowest BCUT2D eigenvalue weighted by Gasteiger charge is -2.07. The fourth-order valence-electron chi connectivity index (χ4n) is 1.53. The van der Waals surface area contributed by atoms with Gasteiger partial charge in [-0.25, -0.2) is 0 Å². The Balaban J connectivity index is 2.61. The Hall–Kier alpha value is -1.48. The van der Waals surface area contributed by atoms with Crippen molar-refractivity contribution >= 4 is 11.0 Å². The standard InChI is InChI=1S/C11H13NO2/c1-7(12-2)10-6-14-11-4-3-8(13)5-9(10)11/h3-7,12-13H,1-2H3. The van der Waals surface area contributed by atoms with Gasteiger partial charge in [0.15, 0.2) is 0 Å². The van der Waals surface area contributed by atoms with E-state index in [1.807, 2.05) is 14.0 Å². The normalized spacial score (nSPS) is 13.3. The van der Waals surface area contributed by atoms with Gasteiger partial charge in [-0.2, -0.15) is 0 Å². The van der Waals surface area contributed by atoms with Gasteiger partial charge in [0.2, 0.25) is 0 Å². The molecule has 3 heteroatoms. The van der Waals surface area contributed by atoms with Gasteiger partial charge in [0, 0.05) is 17.0 Å². The van der Waals surface area contributed by atoms with Crippen molar-refractivity contribution in [2.24, 2.45) is 0 Å². The van der Waals surface area contributed by atoms with Gasteiger partial charge in [-0.3, -0.25) is 0 Å². The number of hydrogen-bond acceptors (Lipinski definition) is 3. The first-order chi connectivity index (χ1) is 6.72. The van der Waals surface area contributed by atoms with Crippen molar-refractivity contribution in [2.75, 3.05) is 7.05 Å². The third-order valence-corrected chi connectivity index (χ3v) is 2.49. The van der Waals surface area contributed by atoms with Gasteiger partial charge >= 0.3 is 0 Å². The zero-order valence-electron chi connectivity index (χ0n) is 8.24. The Bertz CT molecular complexity index is 447. The van der Waals surface area contributed by atoms with Gasteiger partial charge in [0.1, 0.15) is 11.3 Å². The van der Waals surface area contributed by atoms with Gasteiger partial charge in [0.25, 0.3) is 0 Å². The number of nitrogens with one attached hydrogen (secondary N) is 1. The number of rotatable bonds is 2. The lowest BCUT2D eigenvalue weighted by molar-refractivity contribution is 0.476. The van der Waals surface area contributed by atoms with Crippen molar-refractivity contribution < 1.29 is 9.52 Å². The number of hydrogen-bond donors (Lipinski definition) is 2. The fourth-order valence-corrected chi connectivity index (χ4v) is 1.53. The van der Waals surface area contributed by atoms with Crippen LogP contribution in [-0.4, -0.2) is 12.2 Å². The first-order valence-electron chi connectivity index (χ1n) is 4.59. The molecule has 0 radical (unpaired) electrons. The highest BCUT2D eigenvalue weighted by Gasteiger charge is 2.11. The van der Waals surface area contributed by atoms with E-state index in [4.69, 9.17) is 4.42 Å². The fraction of sp³-hybridized carbons (Fsp3) is 0.273. The third kappa shape index (κ3) is 1.36. The maximum atomic E-state index is 9.37. The molecule has 1 unspecified atom stereocenters. The van der Waals surface area contributed by atoms with Crippen molar-refractivity contribution in [1.29, 1.82) is 0 Å². The maximum Gasteiger partial charge on any atom is 0.134 e. The molecule has 2 N–H and O–H groups in total. The van der Waals surface area contributed by atoms with E-state index in [0.29, 0.717) is 0 Å². The van der Waals surface area contributed by atoms with Gasteiger partial charge in [0.05, 0.1) is 6.26 Å². The second-order valence-corrected chi connectivity index (χ2v) is 3.38. The molecule has 0 fully saturated rings. The van der Waals surface area contributed by atoms with Gasteiger partial charge in [-0.1, -0.05) is 0 Å². The minimum atomic E-state index is 0.220. The summed E-state index contributed by atoms with van der Waals surface area (Å²) in [5.41, 5.74) is 1.87. The van der Waals surface area contributed by atoms with E-state index in [-0.39, 0.29) is 11.8 Å². The molecule has 74 valence electrons. The van der Waals surface area contributed by atoms with Crippen LogP contribution in [0.25, 0.3) is 11.0 Å².